The lowest BCUT2D eigenvalue weighted by Crippen LogP contribution is -2.11. The third-order valence-electron chi connectivity index (χ3n) is 1.16. The summed E-state index contributed by atoms with van der Waals surface area (Å²) in [5.74, 6) is -1.13. The van der Waals surface area contributed by atoms with Crippen molar-refractivity contribution >= 4 is 28.3 Å². The molecule has 0 spiro atoms. The zero-order valence-electron chi connectivity index (χ0n) is 7.35. The predicted octanol–water partition coefficient (Wildman–Crippen LogP) is -0.173. The van der Waals surface area contributed by atoms with Gasteiger partial charge in [-0.1, -0.05) is 11.3 Å². The molecule has 1 rings (SSSR count). The van der Waals surface area contributed by atoms with Crippen LogP contribution in [-0.2, 0) is 9.59 Å². The quantitative estimate of drug-likeness (QED) is 0.679. The molecule has 3 N–H and O–H groups in total. The van der Waals surface area contributed by atoms with Crippen molar-refractivity contribution in [2.45, 2.75) is 6.92 Å². The van der Waals surface area contributed by atoms with Gasteiger partial charge in [0.05, 0.1) is 0 Å². The molecule has 0 aliphatic carbocycles. The molecule has 0 atom stereocenters. The molecule has 74 valence electrons. The van der Waals surface area contributed by atoms with E-state index < -0.39 is 11.8 Å². The second-order valence-electron chi connectivity index (χ2n) is 2.35. The fraction of sp³-hybridized carbons (Fsp3) is 0.143. The summed E-state index contributed by atoms with van der Waals surface area (Å²) < 4.78 is 0. The van der Waals surface area contributed by atoms with E-state index in [4.69, 9.17) is 5.73 Å². The lowest BCUT2D eigenvalue weighted by molar-refractivity contribution is -0.115. The van der Waals surface area contributed by atoms with Crippen LogP contribution in [0.1, 0.15) is 5.01 Å². The zero-order valence-corrected chi connectivity index (χ0v) is 8.17. The van der Waals surface area contributed by atoms with Crippen LogP contribution < -0.4 is 11.1 Å². The van der Waals surface area contributed by atoms with Crippen molar-refractivity contribution in [2.24, 2.45) is 5.73 Å². The maximum Gasteiger partial charge on any atom is 0.250 e. The number of amides is 2. The first kappa shape index (κ1) is 10.3. The summed E-state index contributed by atoms with van der Waals surface area (Å²) in [6.07, 6.45) is 2.02. The van der Waals surface area contributed by atoms with E-state index in [0.29, 0.717) is 5.13 Å². The monoisotopic (exact) mass is 212 g/mol. The van der Waals surface area contributed by atoms with E-state index in [1.807, 2.05) is 0 Å². The van der Waals surface area contributed by atoms with Crippen molar-refractivity contribution < 1.29 is 9.59 Å². The Hall–Kier alpha value is -1.76. The minimum atomic E-state index is -0.673. The Labute approximate surface area is 83.8 Å². The number of aryl methyl sites for hydroxylation is 1. The molecule has 0 aliphatic rings. The van der Waals surface area contributed by atoms with Crippen LogP contribution in [0, 0.1) is 6.92 Å². The molecule has 14 heavy (non-hydrogen) atoms. The smallest absolute Gasteiger partial charge is 0.250 e. The van der Waals surface area contributed by atoms with Crippen LogP contribution in [-0.4, -0.2) is 22.0 Å². The molecule has 0 saturated heterocycles. The molecule has 0 fully saturated rings. The van der Waals surface area contributed by atoms with Crippen molar-refractivity contribution in [3.63, 3.8) is 0 Å². The zero-order chi connectivity index (χ0) is 10.6. The minimum Gasteiger partial charge on any atom is -0.366 e. The number of carbonyl (C=O) groups is 2. The molecule has 0 aliphatic heterocycles. The molecule has 0 aromatic carbocycles. The molecule has 7 heteroatoms. The Morgan fingerprint density at radius 3 is 2.64 bits per heavy atom. The van der Waals surface area contributed by atoms with Gasteiger partial charge in [-0.05, 0) is 6.92 Å². The van der Waals surface area contributed by atoms with Gasteiger partial charge in [0.2, 0.25) is 16.9 Å². The van der Waals surface area contributed by atoms with Gasteiger partial charge < -0.3 is 5.73 Å². The van der Waals surface area contributed by atoms with Crippen LogP contribution in [0.2, 0.25) is 0 Å². The first-order valence-electron chi connectivity index (χ1n) is 3.66. The highest BCUT2D eigenvalue weighted by Gasteiger charge is 2.02. The second kappa shape index (κ2) is 4.47. The number of rotatable bonds is 3. The van der Waals surface area contributed by atoms with Gasteiger partial charge in [0.1, 0.15) is 5.01 Å². The van der Waals surface area contributed by atoms with Crippen molar-refractivity contribution in [3.05, 3.63) is 17.2 Å². The normalized spacial score (nSPS) is 10.4. The first-order chi connectivity index (χ1) is 6.58. The minimum absolute atomic E-state index is 0.390. The molecule has 0 saturated carbocycles. The Bertz CT molecular complexity index is 385. The number of nitrogens with one attached hydrogen (secondary N) is 1. The number of anilines is 1. The third kappa shape index (κ3) is 3.31. The van der Waals surface area contributed by atoms with Crippen LogP contribution >= 0.6 is 11.3 Å². The van der Waals surface area contributed by atoms with Gasteiger partial charge in [-0.3, -0.25) is 14.9 Å². The average molecular weight is 212 g/mol. The Morgan fingerprint density at radius 1 is 1.43 bits per heavy atom. The van der Waals surface area contributed by atoms with E-state index in [-0.39, 0.29) is 0 Å². The van der Waals surface area contributed by atoms with E-state index in [2.05, 4.69) is 15.5 Å². The number of hydrogen-bond acceptors (Lipinski definition) is 5. The van der Waals surface area contributed by atoms with E-state index in [1.54, 1.807) is 6.92 Å². The summed E-state index contributed by atoms with van der Waals surface area (Å²) in [6.45, 7) is 1.77. The topological polar surface area (TPSA) is 98.0 Å². The Kier molecular flexibility index (Phi) is 3.29. The van der Waals surface area contributed by atoms with Crippen molar-refractivity contribution in [2.75, 3.05) is 5.32 Å². The van der Waals surface area contributed by atoms with Gasteiger partial charge in [-0.15, -0.1) is 10.2 Å². The highest BCUT2D eigenvalue weighted by atomic mass is 32.1. The molecule has 0 bridgehead atoms. The van der Waals surface area contributed by atoms with Gasteiger partial charge in [-0.2, -0.15) is 0 Å². The van der Waals surface area contributed by atoms with Gasteiger partial charge in [0.15, 0.2) is 0 Å². The largest absolute Gasteiger partial charge is 0.366 e. The summed E-state index contributed by atoms with van der Waals surface area (Å²) in [6, 6.07) is 0. The van der Waals surface area contributed by atoms with Gasteiger partial charge in [-0.25, -0.2) is 0 Å². The van der Waals surface area contributed by atoms with Gasteiger partial charge in [0.25, 0.3) is 0 Å². The van der Waals surface area contributed by atoms with E-state index in [9.17, 15) is 9.59 Å². The van der Waals surface area contributed by atoms with E-state index >= 15 is 0 Å². The number of nitrogens with two attached hydrogens (primary N) is 1. The van der Waals surface area contributed by atoms with E-state index in [1.165, 1.54) is 11.3 Å². The Morgan fingerprint density at radius 2 is 2.14 bits per heavy atom. The fourth-order valence-electron chi connectivity index (χ4n) is 0.652. The third-order valence-corrected chi connectivity index (χ3v) is 1.91. The summed E-state index contributed by atoms with van der Waals surface area (Å²) in [7, 11) is 0. The maximum absolute atomic E-state index is 11.1. The van der Waals surface area contributed by atoms with Crippen molar-refractivity contribution in [1.82, 2.24) is 10.2 Å². The van der Waals surface area contributed by atoms with Crippen LogP contribution in [0.5, 0.6) is 0 Å². The fourth-order valence-corrected chi connectivity index (χ4v) is 1.25. The number of hydrogen-bond donors (Lipinski definition) is 2. The lowest BCUT2D eigenvalue weighted by atomic mass is 10.4. The van der Waals surface area contributed by atoms with Gasteiger partial charge in [0, 0.05) is 12.2 Å². The van der Waals surface area contributed by atoms with Crippen molar-refractivity contribution in [3.8, 4) is 0 Å². The molecule has 0 radical (unpaired) electrons. The number of nitrogens with zero attached hydrogens (tertiary/aromatic N) is 2. The molecule has 1 aromatic heterocycles. The molecule has 6 nitrogen and oxygen atoms in total. The average Bonchev–Trinajstić information content (AvgIpc) is 2.48. The standard InChI is InChI=1S/C7H8N4O2S/c1-4-10-11-7(14-4)9-6(13)3-2-5(8)12/h2-3H,1H3,(H2,8,12)(H,9,11,13)/b3-2+. The molecule has 1 aromatic rings. The first-order valence-corrected chi connectivity index (χ1v) is 4.48. The molecule has 0 unspecified atom stereocenters. The summed E-state index contributed by atoms with van der Waals surface area (Å²) in [5, 5.41) is 10.9. The molecule has 1 heterocycles. The summed E-state index contributed by atoms with van der Waals surface area (Å²) in [5.41, 5.74) is 4.81. The SMILES string of the molecule is Cc1nnc(NC(=O)/C=C/C(N)=O)s1. The predicted molar refractivity (Wildman–Crippen MR) is 51.6 cm³/mol. The Balaban J connectivity index is 2.53. The number of aromatic nitrogens is 2. The highest BCUT2D eigenvalue weighted by molar-refractivity contribution is 7.15. The van der Waals surface area contributed by atoms with Crippen LogP contribution in [0.3, 0.4) is 0 Å². The van der Waals surface area contributed by atoms with Crippen molar-refractivity contribution in [1.29, 1.82) is 0 Å². The highest BCUT2D eigenvalue weighted by Crippen LogP contribution is 2.13. The van der Waals surface area contributed by atoms with Crippen LogP contribution in [0.25, 0.3) is 0 Å². The number of carbonyl (C=O) groups excluding carboxylic acids is 2. The van der Waals surface area contributed by atoms with Gasteiger partial charge >= 0.3 is 0 Å². The summed E-state index contributed by atoms with van der Waals surface area (Å²) in [4.78, 5) is 21.3. The summed E-state index contributed by atoms with van der Waals surface area (Å²) >= 11 is 1.25. The lowest BCUT2D eigenvalue weighted by Gasteiger charge is -1.92. The van der Waals surface area contributed by atoms with E-state index in [0.717, 1.165) is 17.2 Å². The molecular formula is C7H8N4O2S. The maximum atomic E-state index is 11.1. The van der Waals surface area contributed by atoms with Crippen LogP contribution in [0.4, 0.5) is 5.13 Å². The van der Waals surface area contributed by atoms with Crippen LogP contribution in [0.15, 0.2) is 12.2 Å². The second-order valence-corrected chi connectivity index (χ2v) is 3.53. The molecular weight excluding hydrogens is 204 g/mol. The molecule has 2 amide bonds. The number of primary amides is 1.